The van der Waals surface area contributed by atoms with Gasteiger partial charge in [-0.05, 0) is 31.2 Å². The minimum absolute atomic E-state index is 0.369. The van der Waals surface area contributed by atoms with Crippen LogP contribution in [0.2, 0.25) is 0 Å². The number of halogens is 1. The molecular formula is C14H16FN3O. The zero-order valence-electron chi connectivity index (χ0n) is 10.8. The van der Waals surface area contributed by atoms with E-state index >= 15 is 0 Å². The first-order valence-corrected chi connectivity index (χ1v) is 6.22. The maximum Gasteiger partial charge on any atom is 0.223 e. The van der Waals surface area contributed by atoms with Gasteiger partial charge < -0.3 is 10.1 Å². The second-order valence-electron chi connectivity index (χ2n) is 4.09. The van der Waals surface area contributed by atoms with Crippen molar-refractivity contribution in [2.45, 2.75) is 19.9 Å². The van der Waals surface area contributed by atoms with E-state index in [9.17, 15) is 4.39 Å². The van der Waals surface area contributed by atoms with E-state index in [4.69, 9.17) is 4.74 Å². The van der Waals surface area contributed by atoms with Crippen molar-refractivity contribution in [3.63, 3.8) is 0 Å². The molecule has 2 rings (SSSR count). The Kier molecular flexibility index (Phi) is 4.80. The van der Waals surface area contributed by atoms with Crippen molar-refractivity contribution in [3.8, 4) is 11.6 Å². The Morgan fingerprint density at radius 3 is 3.00 bits per heavy atom. The molecule has 0 saturated heterocycles. The van der Waals surface area contributed by atoms with Gasteiger partial charge in [-0.1, -0.05) is 6.92 Å². The first kappa shape index (κ1) is 13.4. The summed E-state index contributed by atoms with van der Waals surface area (Å²) in [5.74, 6) is 0.614. The van der Waals surface area contributed by atoms with Crippen molar-refractivity contribution in [3.05, 3.63) is 48.2 Å². The molecule has 0 aromatic carbocycles. The Labute approximate surface area is 111 Å². The van der Waals surface area contributed by atoms with Crippen LogP contribution < -0.4 is 10.1 Å². The van der Waals surface area contributed by atoms with Crippen LogP contribution in [0.25, 0.3) is 0 Å². The van der Waals surface area contributed by atoms with Gasteiger partial charge in [0, 0.05) is 18.3 Å². The van der Waals surface area contributed by atoms with Gasteiger partial charge in [0.05, 0.1) is 12.4 Å². The molecule has 5 heteroatoms. The van der Waals surface area contributed by atoms with E-state index in [2.05, 4.69) is 22.2 Å². The van der Waals surface area contributed by atoms with E-state index in [0.717, 1.165) is 19.2 Å². The van der Waals surface area contributed by atoms with E-state index in [0.29, 0.717) is 23.7 Å². The molecule has 4 nitrogen and oxygen atoms in total. The molecule has 0 amide bonds. The molecule has 0 unspecified atom stereocenters. The Morgan fingerprint density at radius 2 is 2.26 bits per heavy atom. The molecule has 100 valence electrons. The van der Waals surface area contributed by atoms with E-state index in [1.165, 1.54) is 6.07 Å². The molecule has 0 radical (unpaired) electrons. The first-order valence-electron chi connectivity index (χ1n) is 6.22. The largest absolute Gasteiger partial charge is 0.437 e. The second kappa shape index (κ2) is 6.80. The maximum atomic E-state index is 13.2. The third-order valence-electron chi connectivity index (χ3n) is 2.48. The van der Waals surface area contributed by atoms with Crippen molar-refractivity contribution >= 4 is 0 Å². The number of ether oxygens (including phenoxy) is 1. The fraction of sp³-hybridized carbons (Fsp3) is 0.286. The topological polar surface area (TPSA) is 47.0 Å². The van der Waals surface area contributed by atoms with Gasteiger partial charge in [-0.15, -0.1) is 0 Å². The summed E-state index contributed by atoms with van der Waals surface area (Å²) in [6.45, 7) is 3.46. The average molecular weight is 261 g/mol. The SMILES string of the molecule is CCCNCc1cc(F)cnc1Oc1cccnc1. The summed E-state index contributed by atoms with van der Waals surface area (Å²) in [6.07, 6.45) is 5.42. The lowest BCUT2D eigenvalue weighted by Crippen LogP contribution is -2.15. The van der Waals surface area contributed by atoms with Crippen LogP contribution in [0, 0.1) is 5.82 Å². The molecule has 0 spiro atoms. The Bertz CT molecular complexity index is 519. The minimum atomic E-state index is -0.369. The highest BCUT2D eigenvalue weighted by molar-refractivity contribution is 5.31. The molecule has 0 bridgehead atoms. The van der Waals surface area contributed by atoms with E-state index in [1.807, 2.05) is 0 Å². The Morgan fingerprint density at radius 1 is 1.37 bits per heavy atom. The third kappa shape index (κ3) is 3.99. The zero-order valence-corrected chi connectivity index (χ0v) is 10.8. The van der Waals surface area contributed by atoms with E-state index in [-0.39, 0.29) is 5.82 Å². The molecule has 0 aliphatic carbocycles. The van der Waals surface area contributed by atoms with Crippen LogP contribution in [0.5, 0.6) is 11.6 Å². The number of pyridine rings is 2. The second-order valence-corrected chi connectivity index (χ2v) is 4.09. The number of hydrogen-bond acceptors (Lipinski definition) is 4. The highest BCUT2D eigenvalue weighted by Gasteiger charge is 2.08. The first-order chi connectivity index (χ1) is 9.29. The molecule has 1 N–H and O–H groups in total. The summed E-state index contributed by atoms with van der Waals surface area (Å²) in [6, 6.07) is 4.98. The highest BCUT2D eigenvalue weighted by atomic mass is 19.1. The van der Waals surface area contributed by atoms with Gasteiger partial charge in [0.25, 0.3) is 0 Å². The lowest BCUT2D eigenvalue weighted by atomic mass is 10.2. The lowest BCUT2D eigenvalue weighted by Gasteiger charge is -2.10. The summed E-state index contributed by atoms with van der Waals surface area (Å²) < 4.78 is 18.9. The van der Waals surface area contributed by atoms with Crippen molar-refractivity contribution < 1.29 is 9.13 Å². The average Bonchev–Trinajstić information content (AvgIpc) is 2.43. The van der Waals surface area contributed by atoms with Gasteiger partial charge in [0.1, 0.15) is 11.6 Å². The number of hydrogen-bond donors (Lipinski definition) is 1. The van der Waals surface area contributed by atoms with Crippen LogP contribution in [0.15, 0.2) is 36.8 Å². The Hall–Kier alpha value is -2.01. The lowest BCUT2D eigenvalue weighted by molar-refractivity contribution is 0.446. The van der Waals surface area contributed by atoms with Crippen molar-refractivity contribution in [2.24, 2.45) is 0 Å². The van der Waals surface area contributed by atoms with Gasteiger partial charge in [-0.25, -0.2) is 9.37 Å². The highest BCUT2D eigenvalue weighted by Crippen LogP contribution is 2.22. The smallest absolute Gasteiger partial charge is 0.223 e. The van der Waals surface area contributed by atoms with Crippen LogP contribution in [0.4, 0.5) is 4.39 Å². The molecular weight excluding hydrogens is 245 g/mol. The molecule has 0 atom stereocenters. The molecule has 2 aromatic rings. The minimum Gasteiger partial charge on any atom is -0.437 e. The number of aromatic nitrogens is 2. The predicted octanol–water partition coefficient (Wildman–Crippen LogP) is 2.91. The maximum absolute atomic E-state index is 13.2. The van der Waals surface area contributed by atoms with E-state index < -0.39 is 0 Å². The van der Waals surface area contributed by atoms with Crippen molar-refractivity contribution in [2.75, 3.05) is 6.54 Å². The van der Waals surface area contributed by atoms with Crippen LogP contribution in [0.1, 0.15) is 18.9 Å². The van der Waals surface area contributed by atoms with Gasteiger partial charge >= 0.3 is 0 Å². The number of rotatable bonds is 6. The quantitative estimate of drug-likeness (QED) is 0.812. The van der Waals surface area contributed by atoms with Crippen LogP contribution >= 0.6 is 0 Å². The molecule has 0 aliphatic rings. The molecule has 0 fully saturated rings. The number of nitrogens with zero attached hydrogens (tertiary/aromatic N) is 2. The van der Waals surface area contributed by atoms with Crippen LogP contribution in [0.3, 0.4) is 0 Å². The third-order valence-corrected chi connectivity index (χ3v) is 2.48. The summed E-state index contributed by atoms with van der Waals surface area (Å²) in [4.78, 5) is 7.95. The van der Waals surface area contributed by atoms with Gasteiger partial charge in [-0.2, -0.15) is 0 Å². The molecule has 0 aliphatic heterocycles. The van der Waals surface area contributed by atoms with Gasteiger partial charge in [0.15, 0.2) is 0 Å². The van der Waals surface area contributed by atoms with Gasteiger partial charge in [-0.3, -0.25) is 4.98 Å². The monoisotopic (exact) mass is 261 g/mol. The summed E-state index contributed by atoms with van der Waals surface area (Å²) >= 11 is 0. The molecule has 19 heavy (non-hydrogen) atoms. The molecule has 2 heterocycles. The predicted molar refractivity (Wildman–Crippen MR) is 70.5 cm³/mol. The molecule has 0 saturated carbocycles. The van der Waals surface area contributed by atoms with Crippen LogP contribution in [-0.2, 0) is 6.54 Å². The molecule has 2 aromatic heterocycles. The van der Waals surface area contributed by atoms with E-state index in [1.54, 1.807) is 24.5 Å². The number of nitrogens with one attached hydrogen (secondary N) is 1. The normalized spacial score (nSPS) is 10.4. The fourth-order valence-electron chi connectivity index (χ4n) is 1.61. The fourth-order valence-corrected chi connectivity index (χ4v) is 1.61. The van der Waals surface area contributed by atoms with Gasteiger partial charge in [0.2, 0.25) is 5.88 Å². The van der Waals surface area contributed by atoms with Crippen molar-refractivity contribution in [1.82, 2.24) is 15.3 Å². The van der Waals surface area contributed by atoms with Crippen molar-refractivity contribution in [1.29, 1.82) is 0 Å². The summed E-state index contributed by atoms with van der Waals surface area (Å²) in [5.41, 5.74) is 0.692. The zero-order chi connectivity index (χ0) is 13.5. The summed E-state index contributed by atoms with van der Waals surface area (Å²) in [5, 5.41) is 3.20. The van der Waals surface area contributed by atoms with Crippen LogP contribution in [-0.4, -0.2) is 16.5 Å². The Balaban J connectivity index is 2.14. The summed E-state index contributed by atoms with van der Waals surface area (Å²) in [7, 11) is 0. The standard InChI is InChI=1S/C14H16FN3O/c1-2-5-16-8-11-7-12(15)9-18-14(11)19-13-4-3-6-17-10-13/h3-4,6-7,9-10,16H,2,5,8H2,1H3.